The van der Waals surface area contributed by atoms with Gasteiger partial charge in [0.15, 0.2) is 0 Å². The molecule has 0 spiro atoms. The smallest absolute Gasteiger partial charge is 0.103 e. The zero-order valence-electron chi connectivity index (χ0n) is 7.70. The summed E-state index contributed by atoms with van der Waals surface area (Å²) < 4.78 is 1.69. The van der Waals surface area contributed by atoms with E-state index in [1.54, 1.807) is 10.9 Å². The highest BCUT2D eigenvalue weighted by Crippen LogP contribution is 2.10. The van der Waals surface area contributed by atoms with Crippen LogP contribution in [0.1, 0.15) is 25.1 Å². The first-order chi connectivity index (χ1) is 5.63. The Bertz CT molecular complexity index is 304. The summed E-state index contributed by atoms with van der Waals surface area (Å²) in [5.41, 5.74) is 1.61. The minimum atomic E-state index is 0.548. The van der Waals surface area contributed by atoms with Gasteiger partial charge in [0.25, 0.3) is 0 Å². The summed E-state index contributed by atoms with van der Waals surface area (Å²) in [6.45, 7) is 4.24. The van der Waals surface area contributed by atoms with Crippen LogP contribution in [-0.2, 0) is 13.5 Å². The van der Waals surface area contributed by atoms with Gasteiger partial charge in [-0.2, -0.15) is 10.4 Å². The van der Waals surface area contributed by atoms with E-state index in [0.717, 1.165) is 12.1 Å². The third-order valence-corrected chi connectivity index (χ3v) is 1.63. The van der Waals surface area contributed by atoms with Gasteiger partial charge in [0.1, 0.15) is 6.07 Å². The van der Waals surface area contributed by atoms with Gasteiger partial charge < -0.3 is 0 Å². The lowest BCUT2D eigenvalue weighted by Gasteiger charge is -1.99. The molecule has 1 aromatic heterocycles. The second kappa shape index (κ2) is 3.40. The van der Waals surface area contributed by atoms with Crippen molar-refractivity contribution in [3.8, 4) is 6.07 Å². The summed E-state index contributed by atoms with van der Waals surface area (Å²) >= 11 is 0. The summed E-state index contributed by atoms with van der Waals surface area (Å²) in [5, 5.41) is 13.0. The first kappa shape index (κ1) is 8.79. The molecule has 3 nitrogen and oxygen atoms in total. The largest absolute Gasteiger partial charge is 0.274 e. The molecular weight excluding hydrogens is 150 g/mol. The first-order valence-electron chi connectivity index (χ1n) is 4.06. The molecule has 1 heterocycles. The van der Waals surface area contributed by atoms with E-state index in [1.165, 1.54) is 0 Å². The standard InChI is InChI=1S/C9H13N3/c1-7(2)4-9-8(5-10)6-12(3)11-9/h6-7H,4H2,1-3H3. The van der Waals surface area contributed by atoms with Crippen molar-refractivity contribution in [1.82, 2.24) is 9.78 Å². The minimum Gasteiger partial charge on any atom is -0.274 e. The van der Waals surface area contributed by atoms with Gasteiger partial charge >= 0.3 is 0 Å². The Morgan fingerprint density at radius 3 is 2.83 bits per heavy atom. The number of aromatic nitrogens is 2. The van der Waals surface area contributed by atoms with Gasteiger partial charge in [-0.3, -0.25) is 4.68 Å². The molecule has 1 rings (SSSR count). The minimum absolute atomic E-state index is 0.548. The Kier molecular flexibility index (Phi) is 2.49. The van der Waals surface area contributed by atoms with Crippen LogP contribution in [0.15, 0.2) is 6.20 Å². The number of nitriles is 1. The molecule has 0 radical (unpaired) electrons. The van der Waals surface area contributed by atoms with Crippen LogP contribution in [0.2, 0.25) is 0 Å². The highest BCUT2D eigenvalue weighted by molar-refractivity contribution is 5.30. The summed E-state index contributed by atoms with van der Waals surface area (Å²) in [6, 6.07) is 2.14. The SMILES string of the molecule is CC(C)Cc1nn(C)cc1C#N. The lowest BCUT2D eigenvalue weighted by Crippen LogP contribution is -1.97. The lowest BCUT2D eigenvalue weighted by molar-refractivity contribution is 0.620. The molecule has 0 aromatic carbocycles. The summed E-state index contributed by atoms with van der Waals surface area (Å²) in [4.78, 5) is 0. The van der Waals surface area contributed by atoms with Gasteiger partial charge in [-0.15, -0.1) is 0 Å². The van der Waals surface area contributed by atoms with Crippen molar-refractivity contribution >= 4 is 0 Å². The molecule has 0 fully saturated rings. The Balaban J connectivity index is 2.91. The van der Waals surface area contributed by atoms with Crippen LogP contribution in [0.25, 0.3) is 0 Å². The lowest BCUT2D eigenvalue weighted by atomic mass is 10.1. The molecule has 0 aliphatic rings. The molecule has 0 saturated carbocycles. The zero-order chi connectivity index (χ0) is 9.14. The number of hydrogen-bond acceptors (Lipinski definition) is 2. The van der Waals surface area contributed by atoms with Gasteiger partial charge in [-0.25, -0.2) is 0 Å². The molecule has 0 aliphatic carbocycles. The van der Waals surface area contributed by atoms with Gasteiger partial charge in [0.05, 0.1) is 11.3 Å². The average molecular weight is 163 g/mol. The van der Waals surface area contributed by atoms with E-state index in [-0.39, 0.29) is 0 Å². The van der Waals surface area contributed by atoms with Crippen LogP contribution >= 0.6 is 0 Å². The topological polar surface area (TPSA) is 41.6 Å². The van der Waals surface area contributed by atoms with E-state index in [0.29, 0.717) is 11.5 Å². The Hall–Kier alpha value is -1.30. The average Bonchev–Trinajstić information content (AvgIpc) is 2.29. The van der Waals surface area contributed by atoms with Gasteiger partial charge in [0, 0.05) is 13.2 Å². The third-order valence-electron chi connectivity index (χ3n) is 1.63. The molecule has 64 valence electrons. The van der Waals surface area contributed by atoms with Crippen LogP contribution in [-0.4, -0.2) is 9.78 Å². The van der Waals surface area contributed by atoms with Crippen LogP contribution < -0.4 is 0 Å². The van der Waals surface area contributed by atoms with Crippen LogP contribution in [0.4, 0.5) is 0 Å². The number of nitrogens with zero attached hydrogens (tertiary/aromatic N) is 3. The van der Waals surface area contributed by atoms with Gasteiger partial charge in [0.2, 0.25) is 0 Å². The molecule has 12 heavy (non-hydrogen) atoms. The number of rotatable bonds is 2. The van der Waals surface area contributed by atoms with Crippen molar-refractivity contribution < 1.29 is 0 Å². The Labute approximate surface area is 72.6 Å². The molecule has 1 aromatic rings. The number of aryl methyl sites for hydroxylation is 1. The van der Waals surface area contributed by atoms with E-state index in [1.807, 2.05) is 7.05 Å². The van der Waals surface area contributed by atoms with Crippen LogP contribution in [0, 0.1) is 17.2 Å². The van der Waals surface area contributed by atoms with Crippen molar-refractivity contribution in [2.45, 2.75) is 20.3 Å². The van der Waals surface area contributed by atoms with E-state index in [9.17, 15) is 0 Å². The predicted octanol–water partition coefficient (Wildman–Crippen LogP) is 1.49. The molecule has 0 unspecified atom stereocenters. The fourth-order valence-corrected chi connectivity index (χ4v) is 1.17. The van der Waals surface area contributed by atoms with Crippen molar-refractivity contribution in [2.24, 2.45) is 13.0 Å². The Morgan fingerprint density at radius 1 is 1.67 bits per heavy atom. The molecule has 0 N–H and O–H groups in total. The second-order valence-corrected chi connectivity index (χ2v) is 3.37. The summed E-state index contributed by atoms with van der Waals surface area (Å²) in [6.07, 6.45) is 2.64. The van der Waals surface area contributed by atoms with Crippen LogP contribution in [0.3, 0.4) is 0 Å². The van der Waals surface area contributed by atoms with E-state index < -0.39 is 0 Å². The first-order valence-corrected chi connectivity index (χ1v) is 4.06. The second-order valence-electron chi connectivity index (χ2n) is 3.37. The summed E-state index contributed by atoms with van der Waals surface area (Å²) in [7, 11) is 1.84. The highest BCUT2D eigenvalue weighted by Gasteiger charge is 2.07. The van der Waals surface area contributed by atoms with Crippen molar-refractivity contribution in [2.75, 3.05) is 0 Å². The third kappa shape index (κ3) is 1.85. The van der Waals surface area contributed by atoms with Crippen LogP contribution in [0.5, 0.6) is 0 Å². The molecule has 0 amide bonds. The molecule has 0 bridgehead atoms. The number of hydrogen-bond donors (Lipinski definition) is 0. The van der Waals surface area contributed by atoms with Crippen molar-refractivity contribution in [1.29, 1.82) is 5.26 Å². The van der Waals surface area contributed by atoms with Crippen molar-refractivity contribution in [3.05, 3.63) is 17.5 Å². The normalized spacial score (nSPS) is 10.2. The monoisotopic (exact) mass is 163 g/mol. The molecule has 3 heteroatoms. The maximum atomic E-state index is 8.74. The highest BCUT2D eigenvalue weighted by atomic mass is 15.2. The quantitative estimate of drug-likeness (QED) is 0.662. The van der Waals surface area contributed by atoms with Gasteiger partial charge in [-0.05, 0) is 12.3 Å². The van der Waals surface area contributed by atoms with E-state index in [2.05, 4.69) is 25.0 Å². The fraction of sp³-hybridized carbons (Fsp3) is 0.556. The maximum Gasteiger partial charge on any atom is 0.103 e. The van der Waals surface area contributed by atoms with E-state index in [4.69, 9.17) is 5.26 Å². The van der Waals surface area contributed by atoms with Crippen molar-refractivity contribution in [3.63, 3.8) is 0 Å². The Morgan fingerprint density at radius 2 is 2.33 bits per heavy atom. The molecule has 0 aliphatic heterocycles. The molecular formula is C9H13N3. The summed E-state index contributed by atoms with van der Waals surface area (Å²) in [5.74, 6) is 0.548. The van der Waals surface area contributed by atoms with Gasteiger partial charge in [-0.1, -0.05) is 13.8 Å². The zero-order valence-corrected chi connectivity index (χ0v) is 7.70. The fourth-order valence-electron chi connectivity index (χ4n) is 1.17. The maximum absolute atomic E-state index is 8.74. The predicted molar refractivity (Wildman–Crippen MR) is 46.5 cm³/mol. The molecule has 0 atom stereocenters. The molecule has 0 saturated heterocycles. The van der Waals surface area contributed by atoms with E-state index >= 15 is 0 Å².